The van der Waals surface area contributed by atoms with Crippen molar-refractivity contribution >= 4 is 29.5 Å². The third kappa shape index (κ3) is 14.4. The second-order valence-corrected chi connectivity index (χ2v) is 13.7. The molecule has 284 valence electrons. The standard InChI is InChI=1S/C36H48F3N7O6/c1-46(2,3)19-9-8-12-29(32(48)49)42-31(47)28-18-15-26-22-30(28)51-21-11-7-5-4-6-10-20-50-27-16-13-25(14-17-27)23-40-33-43-34(41-26)45-35(44-33)52-24-36(37,38)39/h13-18,22,29H,4-12,19-21,23-24H2,1-3H3,(H3-,40,41,42,43,44,45,47,48,49)/p+1/t29-/m0/s1. The van der Waals surface area contributed by atoms with E-state index in [-0.39, 0.29) is 36.2 Å². The molecule has 2 aromatic carbocycles. The molecule has 0 fully saturated rings. The van der Waals surface area contributed by atoms with Gasteiger partial charge in [-0.05, 0) is 61.9 Å². The lowest BCUT2D eigenvalue weighted by Crippen LogP contribution is -2.41. The summed E-state index contributed by atoms with van der Waals surface area (Å²) < 4.78 is 56.5. The molecule has 0 saturated heterocycles. The van der Waals surface area contributed by atoms with Gasteiger partial charge in [-0.2, -0.15) is 28.1 Å². The maximum atomic E-state index is 13.5. The molecule has 1 atom stereocenters. The fourth-order valence-electron chi connectivity index (χ4n) is 5.33. The van der Waals surface area contributed by atoms with Crippen molar-refractivity contribution in [2.24, 2.45) is 0 Å². The topological polar surface area (TPSA) is 157 Å². The van der Waals surface area contributed by atoms with Gasteiger partial charge in [0.05, 0.1) is 46.5 Å². The summed E-state index contributed by atoms with van der Waals surface area (Å²) in [5, 5.41) is 18.4. The highest BCUT2D eigenvalue weighted by Crippen LogP contribution is 2.27. The number of hydrogen-bond donors (Lipinski definition) is 4. The number of carbonyl (C=O) groups excluding carboxylic acids is 1. The molecule has 0 spiro atoms. The molecule has 16 heteroatoms. The zero-order valence-electron chi connectivity index (χ0n) is 29.9. The average Bonchev–Trinajstić information content (AvgIpc) is 3.08. The number of aromatic nitrogens is 3. The van der Waals surface area contributed by atoms with Crippen LogP contribution in [0.25, 0.3) is 0 Å². The van der Waals surface area contributed by atoms with Gasteiger partial charge in [-0.3, -0.25) is 4.79 Å². The predicted octanol–water partition coefficient (Wildman–Crippen LogP) is 6.34. The lowest BCUT2D eigenvalue weighted by molar-refractivity contribution is -0.870. The van der Waals surface area contributed by atoms with Gasteiger partial charge >= 0.3 is 18.2 Å². The van der Waals surface area contributed by atoms with Crippen molar-refractivity contribution in [3.63, 3.8) is 0 Å². The fourth-order valence-corrected chi connectivity index (χ4v) is 5.33. The minimum Gasteiger partial charge on any atom is -0.494 e. The van der Waals surface area contributed by atoms with Crippen LogP contribution in [0.5, 0.6) is 17.5 Å². The number of aliphatic carboxylic acids is 1. The van der Waals surface area contributed by atoms with Gasteiger partial charge in [-0.25, -0.2) is 4.79 Å². The Hall–Kier alpha value is -4.86. The summed E-state index contributed by atoms with van der Waals surface area (Å²) in [7, 11) is 6.18. The Kier molecular flexibility index (Phi) is 14.7. The summed E-state index contributed by atoms with van der Waals surface area (Å²) in [6, 6.07) is 10.3. The number of anilines is 3. The number of hydrogen-bond acceptors (Lipinski definition) is 10. The van der Waals surface area contributed by atoms with Crippen molar-refractivity contribution in [2.45, 2.75) is 76.6 Å². The number of benzene rings is 2. The molecule has 3 aromatic rings. The molecule has 2 aliphatic rings. The van der Waals surface area contributed by atoms with Crippen molar-refractivity contribution in [1.82, 2.24) is 20.3 Å². The Morgan fingerprint density at radius 2 is 1.60 bits per heavy atom. The molecule has 0 aliphatic carbocycles. The van der Waals surface area contributed by atoms with E-state index in [1.54, 1.807) is 0 Å². The average molecular weight is 733 g/mol. The lowest BCUT2D eigenvalue weighted by atomic mass is 10.1. The summed E-state index contributed by atoms with van der Waals surface area (Å²) in [5.74, 6) is -0.981. The number of unbranched alkanes of at least 4 members (excludes halogenated alkanes) is 1. The number of carboxylic acid groups (broad SMARTS) is 1. The predicted molar refractivity (Wildman–Crippen MR) is 189 cm³/mol. The molecule has 0 radical (unpaired) electrons. The summed E-state index contributed by atoms with van der Waals surface area (Å²) in [6.07, 6.45) is 2.64. The molecule has 0 saturated carbocycles. The third-order valence-electron chi connectivity index (χ3n) is 8.08. The summed E-state index contributed by atoms with van der Waals surface area (Å²) >= 11 is 0. The van der Waals surface area contributed by atoms with E-state index in [4.69, 9.17) is 14.2 Å². The molecule has 2 aliphatic heterocycles. The first-order valence-electron chi connectivity index (χ1n) is 17.5. The van der Waals surface area contributed by atoms with Gasteiger partial charge in [-0.1, -0.05) is 37.8 Å². The summed E-state index contributed by atoms with van der Waals surface area (Å²) in [4.78, 5) is 37.9. The van der Waals surface area contributed by atoms with Crippen LogP contribution in [-0.4, -0.2) is 96.1 Å². The van der Waals surface area contributed by atoms with Crippen LogP contribution in [0.3, 0.4) is 0 Å². The zero-order chi connectivity index (χ0) is 37.6. The number of fused-ring (bicyclic) bond motifs is 12. The number of ether oxygens (including phenoxy) is 3. The number of amides is 1. The maximum Gasteiger partial charge on any atom is 0.422 e. The highest BCUT2D eigenvalue weighted by atomic mass is 19.4. The van der Waals surface area contributed by atoms with Crippen LogP contribution >= 0.6 is 0 Å². The number of nitrogens with zero attached hydrogens (tertiary/aromatic N) is 4. The van der Waals surface area contributed by atoms with Gasteiger partial charge in [0.25, 0.3) is 5.91 Å². The molecule has 1 aromatic heterocycles. The SMILES string of the molecule is C[N+](C)(C)CCCC[C@H](NC(=O)c1ccc2cc1OCCCCCCCCOc1ccc(cc1)CNc1nc(nc(OCC(F)(F)F)n1)N2)C(=O)O. The molecule has 3 heterocycles. The first-order valence-corrected chi connectivity index (χ1v) is 17.5. The molecule has 0 unspecified atom stereocenters. The van der Waals surface area contributed by atoms with Gasteiger partial charge in [0.1, 0.15) is 17.5 Å². The van der Waals surface area contributed by atoms with Crippen molar-refractivity contribution in [3.8, 4) is 17.5 Å². The summed E-state index contributed by atoms with van der Waals surface area (Å²) in [6.45, 7) is 0.390. The monoisotopic (exact) mass is 732 g/mol. The van der Waals surface area contributed by atoms with E-state index in [9.17, 15) is 27.9 Å². The Morgan fingerprint density at radius 3 is 2.27 bits per heavy atom. The molecule has 52 heavy (non-hydrogen) atoms. The number of alkyl halides is 3. The van der Waals surface area contributed by atoms with Crippen LogP contribution < -0.4 is 30.2 Å². The molecule has 6 bridgehead atoms. The number of halogens is 3. The molecule has 1 amide bonds. The van der Waals surface area contributed by atoms with Crippen LogP contribution in [0.2, 0.25) is 0 Å². The van der Waals surface area contributed by atoms with E-state index in [0.717, 1.165) is 60.9 Å². The second kappa shape index (κ2) is 19.1. The minimum absolute atomic E-state index is 0.0398. The highest BCUT2D eigenvalue weighted by Gasteiger charge is 2.29. The molecule has 13 nitrogen and oxygen atoms in total. The number of quaternary nitrogens is 1. The Morgan fingerprint density at radius 1 is 0.923 bits per heavy atom. The largest absolute Gasteiger partial charge is 0.494 e. The van der Waals surface area contributed by atoms with Crippen LogP contribution in [0.4, 0.5) is 30.8 Å². The number of carbonyl (C=O) groups is 2. The summed E-state index contributed by atoms with van der Waals surface area (Å²) in [5.41, 5.74) is 1.34. The van der Waals surface area contributed by atoms with Gasteiger partial charge in [0.15, 0.2) is 6.61 Å². The van der Waals surface area contributed by atoms with Gasteiger partial charge in [-0.15, -0.1) is 0 Å². The van der Waals surface area contributed by atoms with Crippen LogP contribution in [-0.2, 0) is 11.3 Å². The van der Waals surface area contributed by atoms with Crippen LogP contribution in [0.15, 0.2) is 42.5 Å². The Labute approximate surface area is 301 Å². The lowest BCUT2D eigenvalue weighted by Gasteiger charge is -2.24. The molecule has 5 rings (SSSR count). The molecule has 4 N–H and O–H groups in total. The second-order valence-electron chi connectivity index (χ2n) is 13.7. The first kappa shape index (κ1) is 39.9. The van der Waals surface area contributed by atoms with Crippen molar-refractivity contribution in [1.29, 1.82) is 0 Å². The van der Waals surface area contributed by atoms with E-state index in [1.807, 2.05) is 24.3 Å². The number of nitrogens with one attached hydrogen (secondary N) is 3. The maximum absolute atomic E-state index is 13.5. The molecular weight excluding hydrogens is 683 g/mol. The minimum atomic E-state index is -4.62. The zero-order valence-corrected chi connectivity index (χ0v) is 29.9. The normalized spacial score (nSPS) is 15.2. The smallest absolute Gasteiger partial charge is 0.422 e. The van der Waals surface area contributed by atoms with Crippen LogP contribution in [0.1, 0.15) is 73.7 Å². The van der Waals surface area contributed by atoms with Gasteiger partial charge < -0.3 is 39.8 Å². The van der Waals surface area contributed by atoms with E-state index >= 15 is 0 Å². The Bertz CT molecular complexity index is 1600. The van der Waals surface area contributed by atoms with E-state index in [1.165, 1.54) is 18.2 Å². The quantitative estimate of drug-likeness (QED) is 0.136. The first-order chi connectivity index (χ1) is 24.7. The van der Waals surface area contributed by atoms with Crippen molar-refractivity contribution in [3.05, 3.63) is 53.6 Å². The number of carboxylic acids is 1. The molecular formula is C36H49F3N7O6+. The van der Waals surface area contributed by atoms with Gasteiger partial charge in [0.2, 0.25) is 11.9 Å². The fraction of sp³-hybridized carbons (Fsp3) is 0.528. The Balaban J connectivity index is 1.58. The van der Waals surface area contributed by atoms with E-state index in [0.29, 0.717) is 31.7 Å². The van der Waals surface area contributed by atoms with Crippen LogP contribution in [0, 0.1) is 0 Å². The highest BCUT2D eigenvalue weighted by molar-refractivity contribution is 5.99. The van der Waals surface area contributed by atoms with Gasteiger partial charge in [0, 0.05) is 18.3 Å². The third-order valence-corrected chi connectivity index (χ3v) is 8.08. The van der Waals surface area contributed by atoms with Crippen molar-refractivity contribution < 1.29 is 46.6 Å². The van der Waals surface area contributed by atoms with Crippen molar-refractivity contribution in [2.75, 3.05) is 58.1 Å². The number of rotatable bonds is 10. The van der Waals surface area contributed by atoms with E-state index in [2.05, 4.69) is 52.0 Å². The van der Waals surface area contributed by atoms with E-state index < -0.39 is 36.7 Å².